The molecule has 3 nitrogen and oxygen atoms in total. The molecule has 0 radical (unpaired) electrons. The zero-order valence-electron chi connectivity index (χ0n) is 11.7. The van der Waals surface area contributed by atoms with Crippen molar-refractivity contribution in [1.82, 2.24) is 9.80 Å². The third kappa shape index (κ3) is 3.01. The number of rotatable bonds is 2. The predicted octanol–water partition coefficient (Wildman–Crippen LogP) is 1.53. The predicted molar refractivity (Wildman–Crippen MR) is 73.1 cm³/mol. The second-order valence-electron chi connectivity index (χ2n) is 6.22. The van der Waals surface area contributed by atoms with Crippen molar-refractivity contribution >= 4 is 0 Å². The molecule has 1 aliphatic carbocycles. The summed E-state index contributed by atoms with van der Waals surface area (Å²) in [5.41, 5.74) is 6.39. The van der Waals surface area contributed by atoms with Crippen molar-refractivity contribution in [2.75, 3.05) is 26.2 Å². The molecule has 2 rings (SSSR count). The van der Waals surface area contributed by atoms with Crippen molar-refractivity contribution in [2.24, 2.45) is 11.7 Å². The van der Waals surface area contributed by atoms with Crippen LogP contribution >= 0.6 is 0 Å². The fourth-order valence-electron chi connectivity index (χ4n) is 3.42. The van der Waals surface area contributed by atoms with Gasteiger partial charge in [0.1, 0.15) is 0 Å². The fraction of sp³-hybridized carbons (Fsp3) is 1.00. The van der Waals surface area contributed by atoms with Crippen LogP contribution in [0.1, 0.15) is 40.0 Å². The third-order valence-electron chi connectivity index (χ3n) is 4.81. The molecule has 1 saturated carbocycles. The van der Waals surface area contributed by atoms with Crippen molar-refractivity contribution in [3.05, 3.63) is 0 Å². The standard InChI is InChI=1S/C14H29N3/c1-11(2)16-7-9-17(10-8-16)13-6-4-5-12(3)14(13)15/h11-14H,4-10,15H2,1-3H3/t12-,13-,14?/m0/s1. The minimum Gasteiger partial charge on any atom is -0.326 e. The third-order valence-corrected chi connectivity index (χ3v) is 4.81. The van der Waals surface area contributed by atoms with Gasteiger partial charge in [-0.15, -0.1) is 0 Å². The van der Waals surface area contributed by atoms with E-state index in [0.29, 0.717) is 24.0 Å². The van der Waals surface area contributed by atoms with Gasteiger partial charge in [0.05, 0.1) is 0 Å². The van der Waals surface area contributed by atoms with Gasteiger partial charge < -0.3 is 5.73 Å². The number of hydrogen-bond acceptors (Lipinski definition) is 3. The van der Waals surface area contributed by atoms with Crippen LogP contribution in [0.15, 0.2) is 0 Å². The van der Waals surface area contributed by atoms with Crippen LogP contribution in [-0.4, -0.2) is 54.1 Å². The maximum atomic E-state index is 6.39. The lowest BCUT2D eigenvalue weighted by molar-refractivity contribution is 0.0456. The molecule has 2 aliphatic rings. The molecule has 0 bridgehead atoms. The molecule has 1 heterocycles. The highest BCUT2D eigenvalue weighted by Gasteiger charge is 2.33. The van der Waals surface area contributed by atoms with E-state index in [4.69, 9.17) is 5.73 Å². The molecule has 0 aromatic rings. The van der Waals surface area contributed by atoms with E-state index >= 15 is 0 Å². The Balaban J connectivity index is 1.87. The van der Waals surface area contributed by atoms with Crippen LogP contribution in [0.2, 0.25) is 0 Å². The summed E-state index contributed by atoms with van der Waals surface area (Å²) < 4.78 is 0. The van der Waals surface area contributed by atoms with Gasteiger partial charge in [0.25, 0.3) is 0 Å². The summed E-state index contributed by atoms with van der Waals surface area (Å²) >= 11 is 0. The van der Waals surface area contributed by atoms with E-state index in [9.17, 15) is 0 Å². The summed E-state index contributed by atoms with van der Waals surface area (Å²) in [5.74, 6) is 0.705. The van der Waals surface area contributed by atoms with Crippen molar-refractivity contribution < 1.29 is 0 Å². The van der Waals surface area contributed by atoms with Crippen molar-refractivity contribution in [3.8, 4) is 0 Å². The van der Waals surface area contributed by atoms with Crippen LogP contribution in [0.3, 0.4) is 0 Å². The van der Waals surface area contributed by atoms with Crippen molar-refractivity contribution in [1.29, 1.82) is 0 Å². The largest absolute Gasteiger partial charge is 0.326 e. The number of piperazine rings is 1. The molecule has 3 atom stereocenters. The summed E-state index contributed by atoms with van der Waals surface area (Å²) in [6.45, 7) is 11.8. The van der Waals surface area contributed by atoms with E-state index in [2.05, 4.69) is 30.6 Å². The van der Waals surface area contributed by atoms with E-state index in [1.807, 2.05) is 0 Å². The molecule has 1 unspecified atom stereocenters. The van der Waals surface area contributed by atoms with Gasteiger partial charge in [0.15, 0.2) is 0 Å². The molecule has 17 heavy (non-hydrogen) atoms. The maximum Gasteiger partial charge on any atom is 0.0250 e. The first kappa shape index (κ1) is 13.3. The topological polar surface area (TPSA) is 32.5 Å². The Hall–Kier alpha value is -0.120. The van der Waals surface area contributed by atoms with Crippen LogP contribution in [-0.2, 0) is 0 Å². The van der Waals surface area contributed by atoms with Gasteiger partial charge in [0, 0.05) is 44.3 Å². The molecule has 0 amide bonds. The van der Waals surface area contributed by atoms with E-state index in [-0.39, 0.29) is 0 Å². The zero-order chi connectivity index (χ0) is 12.4. The lowest BCUT2D eigenvalue weighted by atomic mass is 9.81. The molecule has 1 aliphatic heterocycles. The monoisotopic (exact) mass is 239 g/mol. The molecular weight excluding hydrogens is 210 g/mol. The Morgan fingerprint density at radius 1 is 1.06 bits per heavy atom. The minimum atomic E-state index is 0.398. The van der Waals surface area contributed by atoms with E-state index in [1.54, 1.807) is 0 Å². The van der Waals surface area contributed by atoms with Crippen LogP contribution in [0.25, 0.3) is 0 Å². The number of nitrogens with zero attached hydrogens (tertiary/aromatic N) is 2. The molecule has 0 spiro atoms. The fourth-order valence-corrected chi connectivity index (χ4v) is 3.42. The number of nitrogens with two attached hydrogens (primary N) is 1. The van der Waals surface area contributed by atoms with Gasteiger partial charge in [-0.3, -0.25) is 9.80 Å². The van der Waals surface area contributed by atoms with E-state index in [0.717, 1.165) is 0 Å². The summed E-state index contributed by atoms with van der Waals surface area (Å²) in [6.07, 6.45) is 4.00. The van der Waals surface area contributed by atoms with Gasteiger partial charge in [-0.25, -0.2) is 0 Å². The normalized spacial score (nSPS) is 37.6. The smallest absolute Gasteiger partial charge is 0.0250 e. The molecule has 2 N–H and O–H groups in total. The van der Waals surface area contributed by atoms with Gasteiger partial charge in [-0.2, -0.15) is 0 Å². The Labute approximate surface area is 106 Å². The molecule has 2 fully saturated rings. The van der Waals surface area contributed by atoms with Crippen molar-refractivity contribution in [3.63, 3.8) is 0 Å². The molecule has 100 valence electrons. The summed E-state index contributed by atoms with van der Waals surface area (Å²) in [6, 6.07) is 1.73. The minimum absolute atomic E-state index is 0.398. The van der Waals surface area contributed by atoms with Crippen molar-refractivity contribution in [2.45, 2.75) is 58.2 Å². The molecular formula is C14H29N3. The Bertz CT molecular complexity index is 234. The Kier molecular flexibility index (Phi) is 4.45. The van der Waals surface area contributed by atoms with Crippen LogP contribution in [0.4, 0.5) is 0 Å². The average molecular weight is 239 g/mol. The lowest BCUT2D eigenvalue weighted by Gasteiger charge is -2.45. The molecule has 0 aromatic heterocycles. The average Bonchev–Trinajstić information content (AvgIpc) is 2.33. The van der Waals surface area contributed by atoms with E-state index < -0.39 is 0 Å². The summed E-state index contributed by atoms with van der Waals surface area (Å²) in [7, 11) is 0. The SMILES string of the molecule is CC(C)N1CCN([C@H]2CCC[C@H](C)C2N)CC1. The summed E-state index contributed by atoms with van der Waals surface area (Å²) in [4.78, 5) is 5.23. The Morgan fingerprint density at radius 2 is 1.71 bits per heavy atom. The van der Waals surface area contributed by atoms with Crippen LogP contribution in [0, 0.1) is 5.92 Å². The van der Waals surface area contributed by atoms with E-state index in [1.165, 1.54) is 45.4 Å². The second-order valence-corrected chi connectivity index (χ2v) is 6.22. The molecule has 1 saturated heterocycles. The zero-order valence-corrected chi connectivity index (χ0v) is 11.7. The first-order chi connectivity index (χ1) is 8.09. The maximum absolute atomic E-state index is 6.39. The van der Waals surface area contributed by atoms with Gasteiger partial charge in [-0.1, -0.05) is 13.3 Å². The first-order valence-electron chi connectivity index (χ1n) is 7.33. The highest BCUT2D eigenvalue weighted by Crippen LogP contribution is 2.27. The highest BCUT2D eigenvalue weighted by atomic mass is 15.3. The van der Waals surface area contributed by atoms with Crippen LogP contribution in [0.5, 0.6) is 0 Å². The van der Waals surface area contributed by atoms with Crippen LogP contribution < -0.4 is 5.73 Å². The van der Waals surface area contributed by atoms with Gasteiger partial charge in [0.2, 0.25) is 0 Å². The van der Waals surface area contributed by atoms with Gasteiger partial charge in [-0.05, 0) is 32.6 Å². The highest BCUT2D eigenvalue weighted by molar-refractivity contribution is 4.91. The molecule has 3 heteroatoms. The first-order valence-corrected chi connectivity index (χ1v) is 7.33. The number of hydrogen-bond donors (Lipinski definition) is 1. The van der Waals surface area contributed by atoms with Gasteiger partial charge >= 0.3 is 0 Å². The lowest BCUT2D eigenvalue weighted by Crippen LogP contribution is -2.59. The second kappa shape index (κ2) is 5.68. The molecule has 0 aromatic carbocycles. The Morgan fingerprint density at radius 3 is 2.29 bits per heavy atom. The summed E-state index contributed by atoms with van der Waals surface area (Å²) in [5, 5.41) is 0. The quantitative estimate of drug-likeness (QED) is 0.793.